The van der Waals surface area contributed by atoms with E-state index >= 15 is 0 Å². The first kappa shape index (κ1) is 51.6. The molecule has 4 amide bonds. The Morgan fingerprint density at radius 3 is 1.40 bits per heavy atom. The molecule has 3 atom stereocenters. The second-order valence-corrected chi connectivity index (χ2v) is 16.4. The zero-order chi connectivity index (χ0) is 48.9. The molecular formula is C46H41Cl5N8O8. The lowest BCUT2D eigenvalue weighted by Crippen LogP contribution is -2.32. The first-order valence-electron chi connectivity index (χ1n) is 19.9. The topological polar surface area (TPSA) is 218 Å². The molecule has 0 saturated carbocycles. The molecule has 5 rings (SSSR count). The third-order valence-corrected chi connectivity index (χ3v) is 11.1. The van der Waals surface area contributed by atoms with E-state index in [-0.39, 0.29) is 55.7 Å². The number of nitrogens with zero attached hydrogens (tertiary/aromatic N) is 4. The summed E-state index contributed by atoms with van der Waals surface area (Å²) >= 11 is 31.0. The van der Waals surface area contributed by atoms with Crippen LogP contribution in [0.25, 0.3) is 0 Å². The second kappa shape index (κ2) is 23.8. The summed E-state index contributed by atoms with van der Waals surface area (Å²) in [5, 5.41) is 26.3. The molecule has 0 radical (unpaired) electrons. The minimum Gasteiger partial charge on any atom is -0.495 e. The number of ether oxygens (including phenoxy) is 2. The van der Waals surface area contributed by atoms with E-state index in [0.717, 1.165) is 25.0 Å². The first-order chi connectivity index (χ1) is 32.0. The van der Waals surface area contributed by atoms with Crippen LogP contribution in [-0.2, 0) is 30.9 Å². The van der Waals surface area contributed by atoms with Crippen molar-refractivity contribution in [1.82, 2.24) is 0 Å². The van der Waals surface area contributed by atoms with Crippen LogP contribution in [0.5, 0.6) is 11.5 Å². The highest BCUT2D eigenvalue weighted by molar-refractivity contribution is 6.35. The Balaban J connectivity index is 1.28. The number of benzene rings is 5. The first-order valence-corrected chi connectivity index (χ1v) is 22.1. The van der Waals surface area contributed by atoms with Crippen LogP contribution in [0.1, 0.15) is 63.6 Å². The molecule has 0 aliphatic rings. The van der Waals surface area contributed by atoms with Gasteiger partial charge in [-0.15, -0.1) is 34.8 Å². The third kappa shape index (κ3) is 13.6. The Labute approximate surface area is 409 Å². The number of alkyl halides is 3. The number of amides is 4. The Morgan fingerprint density at radius 1 is 0.567 bits per heavy atom. The van der Waals surface area contributed by atoms with Crippen LogP contribution in [0.3, 0.4) is 0 Å². The van der Waals surface area contributed by atoms with Gasteiger partial charge in [0, 0.05) is 23.1 Å². The Hall–Kier alpha value is -6.43. The van der Waals surface area contributed by atoms with E-state index in [1.54, 1.807) is 43.3 Å². The van der Waals surface area contributed by atoms with Gasteiger partial charge < -0.3 is 30.7 Å². The summed E-state index contributed by atoms with van der Waals surface area (Å²) in [6, 6.07) is 19.6. The van der Waals surface area contributed by atoms with Crippen molar-refractivity contribution >= 4 is 127 Å². The predicted molar refractivity (Wildman–Crippen MR) is 260 cm³/mol. The van der Waals surface area contributed by atoms with Gasteiger partial charge in [-0.2, -0.15) is 20.5 Å². The van der Waals surface area contributed by atoms with Gasteiger partial charge in [-0.25, -0.2) is 0 Å². The standard InChI is InChI=1S/C46H41Cl5N8O8/c1-23(49)31-18-28(52-45(64)41(24(2)60)58-56-29-8-11-34(50)32(19-29)43(62)54-37-13-6-26(21-47)16-39(37)66-4)10-15-36(31)53-46(65)42(25(3)61)59-57-30-9-12-35(51)33(20-30)44(63)55-38-14-7-27(22-48)17-40(38)67-5/h6-20,23,41-42H,21-22H2,1-5H3,(H,52,64)(H,53,65)(H,54,62)(H,55,63). The maximum absolute atomic E-state index is 13.5. The molecule has 0 saturated heterocycles. The fourth-order valence-electron chi connectivity index (χ4n) is 6.10. The molecule has 67 heavy (non-hydrogen) atoms. The molecule has 4 N–H and O–H groups in total. The number of hydrogen-bond donors (Lipinski definition) is 4. The van der Waals surface area contributed by atoms with Crippen LogP contribution >= 0.6 is 58.0 Å². The largest absolute Gasteiger partial charge is 0.495 e. The minimum absolute atomic E-state index is 0.0288. The number of nitrogens with one attached hydrogen (secondary N) is 4. The van der Waals surface area contributed by atoms with E-state index in [0.29, 0.717) is 28.4 Å². The van der Waals surface area contributed by atoms with Crippen molar-refractivity contribution in [1.29, 1.82) is 0 Å². The van der Waals surface area contributed by atoms with Gasteiger partial charge in [0.15, 0.2) is 11.6 Å². The van der Waals surface area contributed by atoms with Crippen LogP contribution in [0.15, 0.2) is 111 Å². The SMILES string of the molecule is COc1cc(CCl)ccc1NC(=O)c1cc(N=NC(C(C)=O)C(=O)Nc2ccc(NC(=O)C(N=Nc3ccc(Cl)c(C(=O)Nc4ccc(CCl)cc4OC)c3)C(C)=O)c(C(C)Cl)c2)ccc1Cl. The molecule has 16 nitrogen and oxygen atoms in total. The van der Waals surface area contributed by atoms with Gasteiger partial charge in [0.2, 0.25) is 12.1 Å². The summed E-state index contributed by atoms with van der Waals surface area (Å²) in [6.07, 6.45) is 0. The number of halogens is 5. The normalized spacial score (nSPS) is 12.5. The van der Waals surface area contributed by atoms with Crippen molar-refractivity contribution in [2.45, 2.75) is 50.0 Å². The average Bonchev–Trinajstić information content (AvgIpc) is 3.30. The molecule has 348 valence electrons. The van der Waals surface area contributed by atoms with Crippen molar-refractivity contribution in [3.05, 3.63) is 129 Å². The highest BCUT2D eigenvalue weighted by Crippen LogP contribution is 2.33. The summed E-state index contributed by atoms with van der Waals surface area (Å²) in [5.74, 6) is -2.93. The fourth-order valence-corrected chi connectivity index (χ4v) is 7.02. The molecule has 0 heterocycles. The van der Waals surface area contributed by atoms with Crippen molar-refractivity contribution in [3.63, 3.8) is 0 Å². The van der Waals surface area contributed by atoms with Crippen LogP contribution in [0, 0.1) is 0 Å². The van der Waals surface area contributed by atoms with E-state index in [1.807, 2.05) is 0 Å². The Bertz CT molecular complexity index is 2790. The predicted octanol–water partition coefficient (Wildman–Crippen LogP) is 11.7. The number of carbonyl (C=O) groups is 6. The summed E-state index contributed by atoms with van der Waals surface area (Å²) in [5.41, 5.74) is 3.28. The van der Waals surface area contributed by atoms with Crippen molar-refractivity contribution in [2.75, 3.05) is 35.5 Å². The van der Waals surface area contributed by atoms with E-state index in [1.165, 1.54) is 68.8 Å². The number of ketones is 2. The maximum Gasteiger partial charge on any atom is 0.258 e. The number of hydrogen-bond acceptors (Lipinski definition) is 12. The third-order valence-electron chi connectivity index (χ3n) is 9.58. The van der Waals surface area contributed by atoms with Crippen LogP contribution in [0.4, 0.5) is 34.1 Å². The number of carbonyl (C=O) groups excluding carboxylic acids is 6. The fraction of sp³-hybridized carbons (Fsp3) is 0.217. The van der Waals surface area contributed by atoms with Crippen LogP contribution in [-0.4, -0.2) is 61.5 Å². The number of anilines is 4. The van der Waals surface area contributed by atoms with E-state index < -0.39 is 52.7 Å². The second-order valence-electron chi connectivity index (χ2n) is 14.4. The zero-order valence-electron chi connectivity index (χ0n) is 36.3. The minimum atomic E-state index is -1.62. The lowest BCUT2D eigenvalue weighted by molar-refractivity contribution is -0.127. The van der Waals surface area contributed by atoms with E-state index in [4.69, 9.17) is 67.5 Å². The molecule has 5 aromatic carbocycles. The Morgan fingerprint density at radius 2 is 1.00 bits per heavy atom. The highest BCUT2D eigenvalue weighted by atomic mass is 35.5. The lowest BCUT2D eigenvalue weighted by atomic mass is 10.1. The number of azo groups is 2. The summed E-state index contributed by atoms with van der Waals surface area (Å²) < 4.78 is 10.7. The molecule has 5 aromatic rings. The molecule has 0 fully saturated rings. The molecule has 0 aliphatic heterocycles. The van der Waals surface area contributed by atoms with Gasteiger partial charge >= 0.3 is 0 Å². The van der Waals surface area contributed by atoms with E-state index in [2.05, 4.69) is 41.7 Å². The Kier molecular flexibility index (Phi) is 18.3. The summed E-state index contributed by atoms with van der Waals surface area (Å²) in [7, 11) is 2.90. The number of Topliss-reactive ketones (excluding diaryl/α,β-unsaturated/α-hetero) is 2. The number of methoxy groups -OCH3 is 2. The molecule has 0 aliphatic carbocycles. The van der Waals surface area contributed by atoms with Gasteiger partial charge in [-0.05, 0) is 116 Å². The van der Waals surface area contributed by atoms with Gasteiger partial charge in [0.05, 0.1) is 63.5 Å². The van der Waals surface area contributed by atoms with E-state index in [9.17, 15) is 28.8 Å². The van der Waals surface area contributed by atoms with Crippen LogP contribution < -0.4 is 30.7 Å². The molecule has 0 aromatic heterocycles. The average molecular weight is 1010 g/mol. The molecule has 3 unspecified atom stereocenters. The molecule has 0 spiro atoms. The quantitative estimate of drug-likeness (QED) is 0.0353. The van der Waals surface area contributed by atoms with Crippen molar-refractivity contribution in [3.8, 4) is 11.5 Å². The number of rotatable bonds is 19. The maximum atomic E-state index is 13.5. The van der Waals surface area contributed by atoms with Gasteiger partial charge in [-0.3, -0.25) is 28.8 Å². The molecule has 21 heteroatoms. The summed E-state index contributed by atoms with van der Waals surface area (Å²) in [6.45, 7) is 3.93. The van der Waals surface area contributed by atoms with Gasteiger partial charge in [-0.1, -0.05) is 35.3 Å². The lowest BCUT2D eigenvalue weighted by Gasteiger charge is -2.17. The molecular weight excluding hydrogens is 970 g/mol. The molecule has 0 bridgehead atoms. The monoisotopic (exact) mass is 1010 g/mol. The highest BCUT2D eigenvalue weighted by Gasteiger charge is 2.27. The van der Waals surface area contributed by atoms with Crippen LogP contribution in [0.2, 0.25) is 10.0 Å². The zero-order valence-corrected chi connectivity index (χ0v) is 40.0. The van der Waals surface area contributed by atoms with Crippen molar-refractivity contribution < 1.29 is 38.2 Å². The smallest absolute Gasteiger partial charge is 0.258 e. The van der Waals surface area contributed by atoms with Gasteiger partial charge in [0.25, 0.3) is 23.6 Å². The van der Waals surface area contributed by atoms with Crippen molar-refractivity contribution in [2.24, 2.45) is 20.5 Å². The van der Waals surface area contributed by atoms with Gasteiger partial charge in [0.1, 0.15) is 11.5 Å². The summed E-state index contributed by atoms with van der Waals surface area (Å²) in [4.78, 5) is 78.8.